The van der Waals surface area contributed by atoms with Crippen molar-refractivity contribution in [2.75, 3.05) is 13.7 Å². The number of hydrogen-bond donors (Lipinski definition) is 1. The van der Waals surface area contributed by atoms with Gasteiger partial charge in [-0.05, 0) is 38.7 Å². The molecule has 0 unspecified atom stereocenters. The zero-order chi connectivity index (χ0) is 23.3. The van der Waals surface area contributed by atoms with E-state index in [2.05, 4.69) is 5.32 Å². The fourth-order valence-electron chi connectivity index (χ4n) is 3.79. The maximum absolute atomic E-state index is 13.4. The summed E-state index contributed by atoms with van der Waals surface area (Å²) in [6.45, 7) is 4.39. The monoisotopic (exact) mass is 439 g/mol. The van der Waals surface area contributed by atoms with Gasteiger partial charge in [-0.2, -0.15) is 0 Å². The minimum Gasteiger partial charge on any atom is -0.467 e. The summed E-state index contributed by atoms with van der Waals surface area (Å²) in [6.07, 6.45) is 4.94. The van der Waals surface area contributed by atoms with E-state index in [1.807, 2.05) is 44.2 Å². The fraction of sp³-hybridized carbons (Fsp3) is 0.417. The van der Waals surface area contributed by atoms with Crippen LogP contribution >= 0.6 is 0 Å². The molecule has 2 amide bonds. The molecule has 1 N–H and O–H groups in total. The summed E-state index contributed by atoms with van der Waals surface area (Å²) in [6, 6.07) is 8.53. The van der Waals surface area contributed by atoms with E-state index >= 15 is 0 Å². The Bertz CT molecular complexity index is 1050. The Balaban J connectivity index is 1.94. The summed E-state index contributed by atoms with van der Waals surface area (Å²) < 4.78 is 6.52. The molecule has 0 radical (unpaired) electrons. The first-order valence-electron chi connectivity index (χ1n) is 10.8. The predicted octanol–water partition coefficient (Wildman–Crippen LogP) is 2.53. The number of pyridine rings is 1. The molecule has 1 aliphatic rings. The summed E-state index contributed by atoms with van der Waals surface area (Å²) in [5.74, 6) is -1.61. The lowest BCUT2D eigenvalue weighted by Gasteiger charge is -2.33. The molecule has 32 heavy (non-hydrogen) atoms. The Kier molecular flexibility index (Phi) is 7.45. The van der Waals surface area contributed by atoms with Crippen LogP contribution in [0.5, 0.6) is 0 Å². The molecule has 2 aromatic rings. The van der Waals surface area contributed by atoms with Gasteiger partial charge in [0.05, 0.1) is 7.11 Å². The van der Waals surface area contributed by atoms with E-state index in [1.165, 1.54) is 24.4 Å². The highest BCUT2D eigenvalue weighted by molar-refractivity contribution is 6.00. The van der Waals surface area contributed by atoms with E-state index in [-0.39, 0.29) is 23.7 Å². The molecule has 170 valence electrons. The van der Waals surface area contributed by atoms with Crippen molar-refractivity contribution in [1.82, 2.24) is 14.8 Å². The number of carbonyl (C=O) groups is 3. The number of rotatable bonds is 6. The Morgan fingerprint density at radius 3 is 2.44 bits per heavy atom. The summed E-state index contributed by atoms with van der Waals surface area (Å²) in [7, 11) is 1.28. The van der Waals surface area contributed by atoms with Gasteiger partial charge in [0.1, 0.15) is 17.2 Å². The molecule has 1 aromatic heterocycles. The normalized spacial score (nSPS) is 16.0. The Morgan fingerprint density at radius 2 is 1.78 bits per heavy atom. The molecular weight excluding hydrogens is 410 g/mol. The van der Waals surface area contributed by atoms with Crippen LogP contribution in [0.15, 0.2) is 47.5 Å². The number of ether oxygens (including phenoxy) is 1. The number of nitrogens with one attached hydrogen (secondary N) is 1. The number of aromatic nitrogens is 1. The number of piperidine rings is 1. The highest BCUT2D eigenvalue weighted by Gasteiger charge is 2.35. The van der Waals surface area contributed by atoms with E-state index in [9.17, 15) is 19.2 Å². The maximum Gasteiger partial charge on any atom is 0.328 e. The number of carbonyl (C=O) groups excluding carboxylic acids is 3. The number of benzene rings is 1. The zero-order valence-corrected chi connectivity index (χ0v) is 18.7. The third-order valence-electron chi connectivity index (χ3n) is 5.65. The van der Waals surface area contributed by atoms with Crippen LogP contribution in [0, 0.1) is 0 Å². The molecule has 1 aliphatic heterocycles. The smallest absolute Gasteiger partial charge is 0.328 e. The Morgan fingerprint density at radius 1 is 1.09 bits per heavy atom. The molecule has 8 nitrogen and oxygen atoms in total. The van der Waals surface area contributed by atoms with Crippen molar-refractivity contribution in [3.8, 4) is 0 Å². The van der Waals surface area contributed by atoms with Crippen molar-refractivity contribution < 1.29 is 19.1 Å². The molecule has 1 fully saturated rings. The average Bonchev–Trinajstić information content (AvgIpc) is 2.82. The molecule has 1 atom stereocenters. The SMILES string of the molecule is COC(=O)[C@@H]1CCCCN1C(=O)c1cn(C(C)C)cc(C(=O)NCc2ccccc2)c1=O. The third kappa shape index (κ3) is 5.07. The Hall–Kier alpha value is -3.42. The summed E-state index contributed by atoms with van der Waals surface area (Å²) in [5.41, 5.74) is 0.0205. The fourth-order valence-corrected chi connectivity index (χ4v) is 3.79. The topological polar surface area (TPSA) is 97.7 Å². The van der Waals surface area contributed by atoms with E-state index in [0.717, 1.165) is 18.4 Å². The summed E-state index contributed by atoms with van der Waals surface area (Å²) >= 11 is 0. The van der Waals surface area contributed by atoms with Crippen LogP contribution in [0.4, 0.5) is 0 Å². The molecule has 3 rings (SSSR count). The molecule has 0 bridgehead atoms. The second-order valence-electron chi connectivity index (χ2n) is 8.16. The predicted molar refractivity (Wildman–Crippen MR) is 119 cm³/mol. The summed E-state index contributed by atoms with van der Waals surface area (Å²) in [5, 5.41) is 2.75. The first kappa shape index (κ1) is 23.2. The van der Waals surface area contributed by atoms with E-state index < -0.39 is 29.3 Å². The van der Waals surface area contributed by atoms with Gasteiger partial charge in [-0.1, -0.05) is 30.3 Å². The first-order chi connectivity index (χ1) is 15.3. The molecule has 0 aliphatic carbocycles. The molecular formula is C24H29N3O5. The van der Waals surface area contributed by atoms with Crippen molar-refractivity contribution in [3.63, 3.8) is 0 Å². The quantitative estimate of drug-likeness (QED) is 0.698. The van der Waals surface area contributed by atoms with Crippen molar-refractivity contribution in [3.05, 3.63) is 69.6 Å². The first-order valence-corrected chi connectivity index (χ1v) is 10.8. The molecule has 2 heterocycles. The van der Waals surface area contributed by atoms with Crippen molar-refractivity contribution in [2.24, 2.45) is 0 Å². The van der Waals surface area contributed by atoms with Gasteiger partial charge in [0.2, 0.25) is 5.43 Å². The third-order valence-corrected chi connectivity index (χ3v) is 5.65. The van der Waals surface area contributed by atoms with Gasteiger partial charge in [0, 0.05) is 31.5 Å². The number of nitrogens with zero attached hydrogens (tertiary/aromatic N) is 2. The van der Waals surface area contributed by atoms with Gasteiger partial charge in [-0.3, -0.25) is 14.4 Å². The van der Waals surface area contributed by atoms with Crippen LogP contribution in [-0.2, 0) is 16.1 Å². The van der Waals surface area contributed by atoms with Crippen LogP contribution in [0.25, 0.3) is 0 Å². The minimum absolute atomic E-state index is 0.0828. The van der Waals surface area contributed by atoms with Crippen molar-refractivity contribution in [1.29, 1.82) is 0 Å². The number of hydrogen-bond acceptors (Lipinski definition) is 5. The van der Waals surface area contributed by atoms with Gasteiger partial charge in [0.25, 0.3) is 11.8 Å². The van der Waals surface area contributed by atoms with Crippen LogP contribution in [0.1, 0.15) is 65.4 Å². The lowest BCUT2D eigenvalue weighted by atomic mass is 10.0. The molecule has 0 spiro atoms. The van der Waals surface area contributed by atoms with Crippen LogP contribution in [-0.4, -0.2) is 46.9 Å². The zero-order valence-electron chi connectivity index (χ0n) is 18.7. The maximum atomic E-state index is 13.4. The van der Waals surface area contributed by atoms with Gasteiger partial charge < -0.3 is 19.5 Å². The highest BCUT2D eigenvalue weighted by atomic mass is 16.5. The number of esters is 1. The molecule has 0 saturated carbocycles. The van der Waals surface area contributed by atoms with Gasteiger partial charge in [0.15, 0.2) is 0 Å². The van der Waals surface area contributed by atoms with Gasteiger partial charge in [-0.15, -0.1) is 0 Å². The van der Waals surface area contributed by atoms with Crippen molar-refractivity contribution in [2.45, 2.75) is 51.7 Å². The molecule has 8 heteroatoms. The van der Waals surface area contributed by atoms with Gasteiger partial charge in [-0.25, -0.2) is 4.79 Å². The second-order valence-corrected chi connectivity index (χ2v) is 8.16. The highest BCUT2D eigenvalue weighted by Crippen LogP contribution is 2.20. The minimum atomic E-state index is -0.733. The average molecular weight is 440 g/mol. The van der Waals surface area contributed by atoms with Crippen LogP contribution in [0.3, 0.4) is 0 Å². The lowest BCUT2D eigenvalue weighted by molar-refractivity contribution is -0.147. The van der Waals surface area contributed by atoms with Gasteiger partial charge >= 0.3 is 5.97 Å². The Labute approximate surface area is 187 Å². The van der Waals surface area contributed by atoms with Crippen molar-refractivity contribution >= 4 is 17.8 Å². The van der Waals surface area contributed by atoms with E-state index in [1.54, 1.807) is 4.57 Å². The van der Waals surface area contributed by atoms with Crippen LogP contribution in [0.2, 0.25) is 0 Å². The molecule has 1 saturated heterocycles. The largest absolute Gasteiger partial charge is 0.467 e. The van der Waals surface area contributed by atoms with E-state index in [4.69, 9.17) is 4.74 Å². The number of methoxy groups -OCH3 is 1. The lowest BCUT2D eigenvalue weighted by Crippen LogP contribution is -2.50. The number of likely N-dealkylation sites (tertiary alicyclic amines) is 1. The van der Waals surface area contributed by atoms with Crippen LogP contribution < -0.4 is 10.7 Å². The standard InChI is InChI=1S/C24H29N3O5/c1-16(2)26-14-18(22(29)25-13-17-9-5-4-6-10-17)21(28)19(15-26)23(30)27-12-8-7-11-20(27)24(31)32-3/h4-6,9-10,14-16,20H,7-8,11-13H2,1-3H3,(H,25,29)/t20-/m0/s1. The summed E-state index contributed by atoms with van der Waals surface area (Å²) in [4.78, 5) is 53.0. The number of amides is 2. The van der Waals surface area contributed by atoms with E-state index in [0.29, 0.717) is 13.0 Å². The second kappa shape index (κ2) is 10.3. The molecule has 1 aromatic carbocycles.